The van der Waals surface area contributed by atoms with Gasteiger partial charge in [-0.3, -0.25) is 0 Å². The highest BCUT2D eigenvalue weighted by atomic mass is 127. The number of benzene rings is 1. The maximum absolute atomic E-state index is 12.7. The van der Waals surface area contributed by atoms with Gasteiger partial charge in [0.25, 0.3) is 0 Å². The maximum atomic E-state index is 12.7. The highest BCUT2D eigenvalue weighted by Gasteiger charge is 2.33. The molecule has 6 nitrogen and oxygen atoms in total. The van der Waals surface area contributed by atoms with Crippen molar-refractivity contribution in [2.75, 3.05) is 6.54 Å². The third kappa shape index (κ3) is 7.80. The van der Waals surface area contributed by atoms with E-state index in [0.29, 0.717) is 24.1 Å². The number of imidazole rings is 1. The van der Waals surface area contributed by atoms with Crippen LogP contribution in [-0.4, -0.2) is 27.0 Å². The molecule has 0 aliphatic rings. The number of thiazole rings is 1. The third-order valence-electron chi connectivity index (χ3n) is 4.26. The Morgan fingerprint density at radius 2 is 1.97 bits per heavy atom. The summed E-state index contributed by atoms with van der Waals surface area (Å²) in [6, 6.07) is 10.2. The number of aliphatic imine (C=N–C) groups is 1. The standard InChI is InChI=1S/C20H23F3N6S.HI/c1-2-24-19(27-13-18-28-16(14-30-18)20(21,22)23)26-12-17-25-9-11-29(17)10-8-15-6-4-3-5-7-15;/h3-7,9,11,14H,2,8,10,12-13H2,1H3,(H2,24,26,27);1H. The molecule has 0 atom stereocenters. The van der Waals surface area contributed by atoms with Gasteiger partial charge in [-0.05, 0) is 18.9 Å². The first-order chi connectivity index (χ1) is 14.5. The number of nitrogens with zero attached hydrogens (tertiary/aromatic N) is 4. The van der Waals surface area contributed by atoms with Gasteiger partial charge in [0.05, 0.1) is 6.54 Å². The summed E-state index contributed by atoms with van der Waals surface area (Å²) in [6.45, 7) is 3.85. The molecule has 2 heterocycles. The molecule has 31 heavy (non-hydrogen) atoms. The Bertz CT molecular complexity index is 955. The number of alkyl halides is 3. The quantitative estimate of drug-likeness (QED) is 0.241. The van der Waals surface area contributed by atoms with Crippen molar-refractivity contribution in [2.45, 2.75) is 39.2 Å². The van der Waals surface area contributed by atoms with Crippen LogP contribution in [0.1, 0.15) is 29.0 Å². The first-order valence-corrected chi connectivity index (χ1v) is 10.4. The summed E-state index contributed by atoms with van der Waals surface area (Å²) in [5.74, 6) is 1.32. The molecule has 0 spiro atoms. The second-order valence-corrected chi connectivity index (χ2v) is 7.39. The van der Waals surface area contributed by atoms with E-state index < -0.39 is 11.9 Å². The molecule has 0 saturated carbocycles. The van der Waals surface area contributed by atoms with E-state index in [9.17, 15) is 13.2 Å². The topological polar surface area (TPSA) is 67.1 Å². The number of halogens is 4. The highest BCUT2D eigenvalue weighted by molar-refractivity contribution is 14.0. The lowest BCUT2D eigenvalue weighted by Crippen LogP contribution is -2.36. The Morgan fingerprint density at radius 3 is 2.65 bits per heavy atom. The average Bonchev–Trinajstić information content (AvgIpc) is 3.38. The van der Waals surface area contributed by atoms with Crippen LogP contribution in [-0.2, 0) is 32.2 Å². The zero-order valence-corrected chi connectivity index (χ0v) is 20.0. The molecule has 0 saturated heterocycles. The highest BCUT2D eigenvalue weighted by Crippen LogP contribution is 2.29. The molecule has 1 aromatic carbocycles. The van der Waals surface area contributed by atoms with Gasteiger partial charge in [-0.2, -0.15) is 13.2 Å². The average molecular weight is 564 g/mol. The van der Waals surface area contributed by atoms with E-state index in [1.807, 2.05) is 31.3 Å². The zero-order valence-electron chi connectivity index (χ0n) is 16.9. The van der Waals surface area contributed by atoms with Gasteiger partial charge >= 0.3 is 6.18 Å². The molecule has 0 unspecified atom stereocenters. The first kappa shape index (κ1) is 25.1. The fourth-order valence-corrected chi connectivity index (χ4v) is 3.50. The van der Waals surface area contributed by atoms with Crippen molar-refractivity contribution in [1.29, 1.82) is 0 Å². The summed E-state index contributed by atoms with van der Waals surface area (Å²) in [4.78, 5) is 12.5. The van der Waals surface area contributed by atoms with Crippen molar-refractivity contribution < 1.29 is 13.2 Å². The molecule has 0 aliphatic heterocycles. The lowest BCUT2D eigenvalue weighted by atomic mass is 10.1. The van der Waals surface area contributed by atoms with Gasteiger partial charge in [0.2, 0.25) is 0 Å². The number of aryl methyl sites for hydroxylation is 2. The molecular formula is C20H24F3IN6S. The van der Waals surface area contributed by atoms with Crippen LogP contribution in [0.4, 0.5) is 13.2 Å². The molecule has 0 fully saturated rings. The molecule has 2 aromatic heterocycles. The van der Waals surface area contributed by atoms with E-state index in [-0.39, 0.29) is 30.5 Å². The van der Waals surface area contributed by atoms with Gasteiger partial charge in [-0.25, -0.2) is 15.0 Å². The van der Waals surface area contributed by atoms with Gasteiger partial charge in [0.15, 0.2) is 11.7 Å². The number of hydrogen-bond acceptors (Lipinski definition) is 4. The van der Waals surface area contributed by atoms with E-state index in [0.717, 1.165) is 35.5 Å². The second-order valence-electron chi connectivity index (χ2n) is 6.45. The van der Waals surface area contributed by atoms with Crippen molar-refractivity contribution in [3.05, 3.63) is 70.2 Å². The van der Waals surface area contributed by atoms with Crippen LogP contribution in [0.5, 0.6) is 0 Å². The fourth-order valence-electron chi connectivity index (χ4n) is 2.76. The number of rotatable bonds is 8. The minimum absolute atomic E-state index is 0. The smallest absolute Gasteiger partial charge is 0.357 e. The fraction of sp³-hybridized carbons (Fsp3) is 0.350. The molecule has 0 amide bonds. The maximum Gasteiger partial charge on any atom is 0.434 e. The molecule has 0 radical (unpaired) electrons. The van der Waals surface area contributed by atoms with Crippen molar-refractivity contribution >= 4 is 41.3 Å². The minimum atomic E-state index is -4.43. The van der Waals surface area contributed by atoms with Crippen LogP contribution in [0.3, 0.4) is 0 Å². The number of guanidine groups is 1. The van der Waals surface area contributed by atoms with Crippen LogP contribution < -0.4 is 10.6 Å². The molecular weight excluding hydrogens is 540 g/mol. The Balaban J connectivity index is 0.00000341. The summed E-state index contributed by atoms with van der Waals surface area (Å²) in [7, 11) is 0. The Morgan fingerprint density at radius 1 is 1.19 bits per heavy atom. The van der Waals surface area contributed by atoms with E-state index in [4.69, 9.17) is 0 Å². The predicted molar refractivity (Wildman–Crippen MR) is 127 cm³/mol. The van der Waals surface area contributed by atoms with Crippen molar-refractivity contribution in [1.82, 2.24) is 25.2 Å². The molecule has 3 aromatic rings. The minimum Gasteiger partial charge on any atom is -0.357 e. The van der Waals surface area contributed by atoms with E-state index >= 15 is 0 Å². The van der Waals surface area contributed by atoms with E-state index in [1.165, 1.54) is 5.56 Å². The summed E-state index contributed by atoms with van der Waals surface area (Å²) < 4.78 is 40.1. The SMILES string of the molecule is CCNC(=NCc1nccn1CCc1ccccc1)NCc1nc(C(F)(F)F)cs1.I. The molecule has 0 bridgehead atoms. The van der Waals surface area contributed by atoms with Crippen molar-refractivity contribution in [3.63, 3.8) is 0 Å². The number of hydrogen-bond donors (Lipinski definition) is 2. The zero-order chi connectivity index (χ0) is 21.4. The molecule has 11 heteroatoms. The monoisotopic (exact) mass is 564 g/mol. The molecule has 0 aliphatic carbocycles. The van der Waals surface area contributed by atoms with Crippen LogP contribution in [0, 0.1) is 0 Å². The predicted octanol–water partition coefficient (Wildman–Crippen LogP) is 4.47. The van der Waals surface area contributed by atoms with E-state index in [2.05, 4.69) is 42.3 Å². The van der Waals surface area contributed by atoms with Gasteiger partial charge in [0.1, 0.15) is 17.4 Å². The Labute approximate surface area is 200 Å². The lowest BCUT2D eigenvalue weighted by molar-refractivity contribution is -0.140. The first-order valence-electron chi connectivity index (χ1n) is 9.53. The van der Waals surface area contributed by atoms with Crippen LogP contribution in [0.25, 0.3) is 0 Å². The Kier molecular flexibility index (Phi) is 9.75. The van der Waals surface area contributed by atoms with Crippen LogP contribution in [0.15, 0.2) is 53.1 Å². The second kappa shape index (κ2) is 12.0. The molecule has 168 valence electrons. The molecule has 2 N–H and O–H groups in total. The van der Waals surface area contributed by atoms with Gasteiger partial charge < -0.3 is 15.2 Å². The normalized spacial score (nSPS) is 11.8. The summed E-state index contributed by atoms with van der Waals surface area (Å²) >= 11 is 0.966. The molecule has 3 rings (SSSR count). The summed E-state index contributed by atoms with van der Waals surface area (Å²) in [5.41, 5.74) is 0.379. The van der Waals surface area contributed by atoms with Crippen molar-refractivity contribution in [3.8, 4) is 0 Å². The summed E-state index contributed by atoms with van der Waals surface area (Å²) in [5, 5.41) is 7.47. The number of aromatic nitrogens is 3. The Hall–Kier alpha value is -2.15. The van der Waals surface area contributed by atoms with Gasteiger partial charge in [-0.1, -0.05) is 30.3 Å². The van der Waals surface area contributed by atoms with Crippen LogP contribution >= 0.6 is 35.3 Å². The largest absolute Gasteiger partial charge is 0.434 e. The van der Waals surface area contributed by atoms with Gasteiger partial charge in [-0.15, -0.1) is 35.3 Å². The van der Waals surface area contributed by atoms with E-state index in [1.54, 1.807) is 6.20 Å². The third-order valence-corrected chi connectivity index (χ3v) is 5.11. The van der Waals surface area contributed by atoms with Crippen molar-refractivity contribution in [2.24, 2.45) is 4.99 Å². The number of nitrogens with one attached hydrogen (secondary N) is 2. The van der Waals surface area contributed by atoms with Gasteiger partial charge in [0, 0.05) is 30.9 Å². The lowest BCUT2D eigenvalue weighted by Gasteiger charge is -2.11. The van der Waals surface area contributed by atoms with Crippen LogP contribution in [0.2, 0.25) is 0 Å². The summed E-state index contributed by atoms with van der Waals surface area (Å²) in [6.07, 6.45) is 0.120.